The van der Waals surface area contributed by atoms with Crippen molar-refractivity contribution in [2.45, 2.75) is 26.8 Å². The van der Waals surface area contributed by atoms with Crippen LogP contribution in [0.1, 0.15) is 23.9 Å². The van der Waals surface area contributed by atoms with Gasteiger partial charge in [0, 0.05) is 38.3 Å². The molecule has 4 nitrogen and oxygen atoms in total. The van der Waals surface area contributed by atoms with Gasteiger partial charge >= 0.3 is 0 Å². The van der Waals surface area contributed by atoms with Crippen LogP contribution >= 0.6 is 24.8 Å². The van der Waals surface area contributed by atoms with E-state index in [2.05, 4.69) is 22.3 Å². The van der Waals surface area contributed by atoms with Crippen molar-refractivity contribution in [1.82, 2.24) is 15.4 Å². The van der Waals surface area contributed by atoms with E-state index in [-0.39, 0.29) is 24.8 Å². The van der Waals surface area contributed by atoms with Crippen LogP contribution < -0.4 is 5.32 Å². The third-order valence-electron chi connectivity index (χ3n) is 2.99. The highest BCUT2D eigenvalue weighted by Gasteiger charge is 2.16. The van der Waals surface area contributed by atoms with Gasteiger partial charge in [-0.3, -0.25) is 4.90 Å². The van der Waals surface area contributed by atoms with Gasteiger partial charge in [-0.05, 0) is 13.3 Å². The number of aromatic nitrogens is 1. The van der Waals surface area contributed by atoms with Gasteiger partial charge in [-0.25, -0.2) is 0 Å². The highest BCUT2D eigenvalue weighted by Crippen LogP contribution is 2.16. The molecule has 6 heteroatoms. The molecule has 0 atom stereocenters. The minimum Gasteiger partial charge on any atom is -0.361 e. The number of hydrogen-bond donors (Lipinski definition) is 1. The van der Waals surface area contributed by atoms with Crippen molar-refractivity contribution in [3.8, 4) is 0 Å². The number of rotatable bonds is 3. The highest BCUT2D eigenvalue weighted by atomic mass is 35.5. The van der Waals surface area contributed by atoms with E-state index in [9.17, 15) is 0 Å². The largest absolute Gasteiger partial charge is 0.361 e. The Bertz CT molecular complexity index is 325. The SMILES string of the molecule is CCc1noc(C)c1CN1CCNCC1.Cl.Cl. The zero-order valence-corrected chi connectivity index (χ0v) is 12.0. The smallest absolute Gasteiger partial charge is 0.138 e. The molecule has 0 aromatic carbocycles. The number of piperazine rings is 1. The van der Waals surface area contributed by atoms with Crippen molar-refractivity contribution in [3.63, 3.8) is 0 Å². The van der Waals surface area contributed by atoms with Crippen LogP contribution in [0, 0.1) is 6.92 Å². The first-order valence-corrected chi connectivity index (χ1v) is 5.68. The number of nitrogens with one attached hydrogen (secondary N) is 1. The van der Waals surface area contributed by atoms with Gasteiger partial charge in [0.05, 0.1) is 5.69 Å². The Morgan fingerprint density at radius 3 is 2.53 bits per heavy atom. The van der Waals surface area contributed by atoms with Crippen LogP contribution in [0.2, 0.25) is 0 Å². The molecule has 1 aliphatic rings. The number of halogens is 2. The minimum absolute atomic E-state index is 0. The normalized spacial score (nSPS) is 16.1. The summed E-state index contributed by atoms with van der Waals surface area (Å²) in [5.74, 6) is 0.977. The predicted molar refractivity (Wildman–Crippen MR) is 73.3 cm³/mol. The Labute approximate surface area is 115 Å². The average molecular weight is 282 g/mol. The van der Waals surface area contributed by atoms with Gasteiger partial charge in [0.15, 0.2) is 0 Å². The van der Waals surface area contributed by atoms with Crippen LogP contribution in [-0.2, 0) is 13.0 Å². The molecule has 0 aliphatic carbocycles. The zero-order valence-electron chi connectivity index (χ0n) is 10.4. The molecule has 1 fully saturated rings. The molecule has 0 unspecified atom stereocenters. The van der Waals surface area contributed by atoms with Crippen LogP contribution in [0.5, 0.6) is 0 Å². The van der Waals surface area contributed by atoms with Gasteiger partial charge < -0.3 is 9.84 Å². The summed E-state index contributed by atoms with van der Waals surface area (Å²) in [6.07, 6.45) is 0.957. The van der Waals surface area contributed by atoms with E-state index in [4.69, 9.17) is 4.52 Å². The van der Waals surface area contributed by atoms with Gasteiger partial charge in [-0.1, -0.05) is 12.1 Å². The summed E-state index contributed by atoms with van der Waals surface area (Å²) < 4.78 is 5.24. The fraction of sp³-hybridized carbons (Fsp3) is 0.727. The molecule has 1 N–H and O–H groups in total. The fourth-order valence-corrected chi connectivity index (χ4v) is 2.01. The van der Waals surface area contributed by atoms with Gasteiger partial charge in [-0.2, -0.15) is 0 Å². The molecule has 0 amide bonds. The Morgan fingerprint density at radius 1 is 1.29 bits per heavy atom. The van der Waals surface area contributed by atoms with Crippen LogP contribution in [0.3, 0.4) is 0 Å². The van der Waals surface area contributed by atoms with Crippen LogP contribution in [0.25, 0.3) is 0 Å². The van der Waals surface area contributed by atoms with Crippen molar-refractivity contribution in [3.05, 3.63) is 17.0 Å². The Hall–Kier alpha value is -0.290. The molecule has 17 heavy (non-hydrogen) atoms. The van der Waals surface area contributed by atoms with Gasteiger partial charge in [0.25, 0.3) is 0 Å². The van der Waals surface area contributed by atoms with Crippen LogP contribution in [0.4, 0.5) is 0 Å². The topological polar surface area (TPSA) is 41.3 Å². The summed E-state index contributed by atoms with van der Waals surface area (Å²) in [6, 6.07) is 0. The summed E-state index contributed by atoms with van der Waals surface area (Å²) in [6.45, 7) is 9.53. The number of hydrogen-bond acceptors (Lipinski definition) is 4. The molecule has 1 aromatic rings. The van der Waals surface area contributed by atoms with Crippen molar-refractivity contribution in [2.75, 3.05) is 26.2 Å². The first-order chi connectivity index (χ1) is 7.31. The van der Waals surface area contributed by atoms with E-state index >= 15 is 0 Å². The molecular formula is C11H21Cl2N3O. The summed E-state index contributed by atoms with van der Waals surface area (Å²) in [5.41, 5.74) is 2.41. The van der Waals surface area contributed by atoms with E-state index < -0.39 is 0 Å². The lowest BCUT2D eigenvalue weighted by Gasteiger charge is -2.27. The summed E-state index contributed by atoms with van der Waals surface area (Å²) >= 11 is 0. The number of nitrogens with zero attached hydrogens (tertiary/aromatic N) is 2. The molecule has 2 rings (SSSR count). The average Bonchev–Trinajstić information content (AvgIpc) is 2.62. The third kappa shape index (κ3) is 4.14. The maximum absolute atomic E-state index is 5.24. The second-order valence-corrected chi connectivity index (χ2v) is 4.04. The molecule has 0 spiro atoms. The second-order valence-electron chi connectivity index (χ2n) is 4.04. The first-order valence-electron chi connectivity index (χ1n) is 5.68. The molecular weight excluding hydrogens is 261 g/mol. The quantitative estimate of drug-likeness (QED) is 0.917. The predicted octanol–water partition coefficient (Wildman–Crippen LogP) is 1.79. The van der Waals surface area contributed by atoms with E-state index in [1.165, 1.54) is 5.56 Å². The van der Waals surface area contributed by atoms with E-state index in [0.29, 0.717) is 0 Å². The fourth-order valence-electron chi connectivity index (χ4n) is 2.01. The van der Waals surface area contributed by atoms with Crippen molar-refractivity contribution in [2.24, 2.45) is 0 Å². The molecule has 0 saturated carbocycles. The molecule has 2 heterocycles. The van der Waals surface area contributed by atoms with E-state index in [1.54, 1.807) is 0 Å². The third-order valence-corrected chi connectivity index (χ3v) is 2.99. The van der Waals surface area contributed by atoms with Crippen molar-refractivity contribution in [1.29, 1.82) is 0 Å². The van der Waals surface area contributed by atoms with Gasteiger partial charge in [0.1, 0.15) is 5.76 Å². The summed E-state index contributed by atoms with van der Waals surface area (Å²) in [4.78, 5) is 2.45. The lowest BCUT2D eigenvalue weighted by molar-refractivity contribution is 0.231. The van der Waals surface area contributed by atoms with Crippen molar-refractivity contribution >= 4 is 24.8 Å². The second kappa shape index (κ2) is 7.93. The summed E-state index contributed by atoms with van der Waals surface area (Å²) in [7, 11) is 0. The maximum atomic E-state index is 5.24. The van der Waals surface area contributed by atoms with Crippen molar-refractivity contribution < 1.29 is 4.52 Å². The Kier molecular flexibility index (Phi) is 7.79. The minimum atomic E-state index is 0. The Morgan fingerprint density at radius 2 is 1.94 bits per heavy atom. The van der Waals surface area contributed by atoms with Crippen LogP contribution in [-0.4, -0.2) is 36.2 Å². The monoisotopic (exact) mass is 281 g/mol. The van der Waals surface area contributed by atoms with Crippen LogP contribution in [0.15, 0.2) is 4.52 Å². The molecule has 100 valence electrons. The lowest BCUT2D eigenvalue weighted by atomic mass is 10.1. The lowest BCUT2D eigenvalue weighted by Crippen LogP contribution is -2.43. The molecule has 1 aromatic heterocycles. The first kappa shape index (κ1) is 16.7. The van der Waals surface area contributed by atoms with Gasteiger partial charge in [-0.15, -0.1) is 24.8 Å². The highest BCUT2D eigenvalue weighted by molar-refractivity contribution is 5.85. The summed E-state index contributed by atoms with van der Waals surface area (Å²) in [5, 5.41) is 7.44. The molecule has 0 bridgehead atoms. The standard InChI is InChI=1S/C11H19N3O.2ClH/c1-3-11-10(9(2)15-13-11)8-14-6-4-12-5-7-14;;/h12H,3-8H2,1-2H3;2*1H. The van der Waals surface area contributed by atoms with Gasteiger partial charge in [0.2, 0.25) is 0 Å². The molecule has 1 aliphatic heterocycles. The zero-order chi connectivity index (χ0) is 10.7. The molecule has 1 saturated heterocycles. The maximum Gasteiger partial charge on any atom is 0.138 e. The Balaban J connectivity index is 0.00000128. The van der Waals surface area contributed by atoms with E-state index in [0.717, 1.165) is 50.6 Å². The van der Waals surface area contributed by atoms with E-state index in [1.807, 2.05) is 6.92 Å². The molecule has 0 radical (unpaired) electrons. The number of aryl methyl sites for hydroxylation is 2.